The van der Waals surface area contributed by atoms with Crippen molar-refractivity contribution in [3.05, 3.63) is 0 Å². The van der Waals surface area contributed by atoms with Crippen LogP contribution in [0, 0.1) is 5.92 Å². The summed E-state index contributed by atoms with van der Waals surface area (Å²) in [6.07, 6.45) is -0.224. The maximum Gasteiger partial charge on any atom is 0.251 e. The monoisotopic (exact) mass is 245 g/mol. The third kappa shape index (κ3) is 3.38. The summed E-state index contributed by atoms with van der Waals surface area (Å²) in [5.74, 6) is 5.19. The molecule has 0 aromatic rings. The average molecular weight is 245 g/mol. The molecule has 0 aliphatic carbocycles. The van der Waals surface area contributed by atoms with Gasteiger partial charge in [0, 0.05) is 12.6 Å². The largest absolute Gasteiger partial charge is 0.394 e. The first-order valence-corrected chi connectivity index (χ1v) is 5.99. The number of hydrazine groups is 1. The third-order valence-corrected chi connectivity index (χ3v) is 3.16. The van der Waals surface area contributed by atoms with Crippen molar-refractivity contribution in [3.63, 3.8) is 0 Å². The van der Waals surface area contributed by atoms with Gasteiger partial charge in [0.05, 0.1) is 25.4 Å². The first-order valence-electron chi connectivity index (χ1n) is 5.99. The van der Waals surface area contributed by atoms with Crippen molar-refractivity contribution in [2.24, 2.45) is 11.8 Å². The molecule has 1 aliphatic rings. The van der Waals surface area contributed by atoms with E-state index in [4.69, 9.17) is 15.7 Å². The van der Waals surface area contributed by atoms with E-state index in [-0.39, 0.29) is 36.6 Å². The molecule has 0 radical (unpaired) electrons. The Balaban J connectivity index is 2.80. The van der Waals surface area contributed by atoms with E-state index in [0.29, 0.717) is 13.2 Å². The Morgan fingerprint density at radius 3 is 2.76 bits per heavy atom. The fourth-order valence-corrected chi connectivity index (χ4v) is 2.26. The van der Waals surface area contributed by atoms with Crippen molar-refractivity contribution in [1.29, 1.82) is 0 Å². The fourth-order valence-electron chi connectivity index (χ4n) is 2.26. The lowest BCUT2D eigenvalue weighted by Crippen LogP contribution is -2.60. The van der Waals surface area contributed by atoms with Crippen LogP contribution in [0.4, 0.5) is 0 Å². The summed E-state index contributed by atoms with van der Waals surface area (Å²) in [6, 6.07) is -0.143. The summed E-state index contributed by atoms with van der Waals surface area (Å²) in [4.78, 5) is 13.9. The van der Waals surface area contributed by atoms with Gasteiger partial charge in [-0.25, -0.2) is 5.84 Å². The highest BCUT2D eigenvalue weighted by Crippen LogP contribution is 2.19. The van der Waals surface area contributed by atoms with E-state index >= 15 is 0 Å². The maximum atomic E-state index is 11.8. The highest BCUT2D eigenvalue weighted by molar-refractivity contribution is 5.81. The lowest BCUT2D eigenvalue weighted by Gasteiger charge is -2.42. The summed E-state index contributed by atoms with van der Waals surface area (Å²) in [5.41, 5.74) is 2.21. The normalized spacial score (nSPS) is 28.1. The number of hydrogen-bond acceptors (Lipinski definition) is 5. The van der Waals surface area contributed by atoms with E-state index in [9.17, 15) is 4.79 Å². The molecule has 0 aromatic heterocycles. The van der Waals surface area contributed by atoms with Gasteiger partial charge in [0.15, 0.2) is 0 Å². The van der Waals surface area contributed by atoms with E-state index in [2.05, 4.69) is 10.3 Å². The van der Waals surface area contributed by atoms with E-state index < -0.39 is 0 Å². The van der Waals surface area contributed by atoms with Crippen LogP contribution in [0.5, 0.6) is 0 Å². The Morgan fingerprint density at radius 2 is 2.29 bits per heavy atom. The van der Waals surface area contributed by atoms with E-state index in [0.717, 1.165) is 0 Å². The van der Waals surface area contributed by atoms with Crippen LogP contribution in [0.1, 0.15) is 20.8 Å². The van der Waals surface area contributed by atoms with Gasteiger partial charge < -0.3 is 9.84 Å². The summed E-state index contributed by atoms with van der Waals surface area (Å²) < 4.78 is 5.46. The van der Waals surface area contributed by atoms with Gasteiger partial charge in [0.1, 0.15) is 0 Å². The first kappa shape index (κ1) is 14.4. The molecule has 1 rings (SSSR count). The molecule has 3 unspecified atom stereocenters. The zero-order valence-electron chi connectivity index (χ0n) is 10.7. The molecule has 1 amide bonds. The van der Waals surface area contributed by atoms with Gasteiger partial charge in [0.25, 0.3) is 5.91 Å². The molecule has 0 saturated carbocycles. The number of hydrogen-bond donors (Lipinski definition) is 3. The second-order valence-electron chi connectivity index (χ2n) is 4.88. The SMILES string of the molecule is CC(C)C(C(=O)NN)N1CC(CO)OCC1C. The minimum Gasteiger partial charge on any atom is -0.394 e. The number of ether oxygens (including phenoxy) is 1. The average Bonchev–Trinajstić information content (AvgIpc) is 2.31. The molecule has 6 nitrogen and oxygen atoms in total. The van der Waals surface area contributed by atoms with Gasteiger partial charge in [-0.15, -0.1) is 0 Å². The number of carbonyl (C=O) groups excluding carboxylic acids is 1. The van der Waals surface area contributed by atoms with Crippen LogP contribution in [0.15, 0.2) is 0 Å². The molecular weight excluding hydrogens is 222 g/mol. The van der Waals surface area contributed by atoms with Gasteiger partial charge in [0.2, 0.25) is 0 Å². The van der Waals surface area contributed by atoms with Crippen molar-refractivity contribution < 1.29 is 14.6 Å². The predicted molar refractivity (Wildman–Crippen MR) is 63.9 cm³/mol. The lowest BCUT2D eigenvalue weighted by molar-refractivity contribution is -0.138. The highest BCUT2D eigenvalue weighted by Gasteiger charge is 2.36. The highest BCUT2D eigenvalue weighted by atomic mass is 16.5. The number of amides is 1. The Labute approximate surface area is 102 Å². The van der Waals surface area contributed by atoms with Gasteiger partial charge in [-0.1, -0.05) is 13.8 Å². The molecule has 1 fully saturated rings. The topological polar surface area (TPSA) is 87.8 Å². The van der Waals surface area contributed by atoms with Crippen LogP contribution in [-0.2, 0) is 9.53 Å². The summed E-state index contributed by atoms with van der Waals surface area (Å²) in [7, 11) is 0. The number of aliphatic hydroxyl groups is 1. The van der Waals surface area contributed by atoms with Crippen LogP contribution < -0.4 is 11.3 Å². The summed E-state index contributed by atoms with van der Waals surface area (Å²) in [6.45, 7) is 7.01. The van der Waals surface area contributed by atoms with Crippen LogP contribution in [-0.4, -0.2) is 53.9 Å². The van der Waals surface area contributed by atoms with Crippen molar-refractivity contribution in [2.45, 2.75) is 39.0 Å². The molecule has 100 valence electrons. The molecule has 6 heteroatoms. The van der Waals surface area contributed by atoms with Gasteiger partial charge >= 0.3 is 0 Å². The van der Waals surface area contributed by atoms with Gasteiger partial charge in [-0.05, 0) is 12.8 Å². The Bertz CT molecular complexity index is 260. The number of morpholine rings is 1. The molecule has 0 spiro atoms. The molecule has 0 aromatic carbocycles. The zero-order valence-corrected chi connectivity index (χ0v) is 10.7. The number of rotatable bonds is 4. The van der Waals surface area contributed by atoms with E-state index in [1.54, 1.807) is 0 Å². The van der Waals surface area contributed by atoms with Crippen LogP contribution >= 0.6 is 0 Å². The molecule has 0 bridgehead atoms. The Hall–Kier alpha value is -0.690. The standard InChI is InChI=1S/C11H23N3O3/c1-7(2)10(11(16)13-12)14-4-9(5-15)17-6-8(14)3/h7-10,15H,4-6,12H2,1-3H3,(H,13,16). The molecule has 1 aliphatic heterocycles. The Morgan fingerprint density at radius 1 is 1.65 bits per heavy atom. The minimum absolute atomic E-state index is 0.0295. The first-order chi connectivity index (χ1) is 8.01. The summed E-state index contributed by atoms with van der Waals surface area (Å²) >= 11 is 0. The smallest absolute Gasteiger partial charge is 0.251 e. The summed E-state index contributed by atoms with van der Waals surface area (Å²) in [5, 5.41) is 9.13. The molecule has 1 heterocycles. The van der Waals surface area contributed by atoms with Crippen LogP contribution in [0.2, 0.25) is 0 Å². The van der Waals surface area contributed by atoms with Crippen LogP contribution in [0.3, 0.4) is 0 Å². The predicted octanol–water partition coefficient (Wildman–Crippen LogP) is -0.917. The van der Waals surface area contributed by atoms with Gasteiger partial charge in [-0.3, -0.25) is 15.1 Å². The number of nitrogens with one attached hydrogen (secondary N) is 1. The molecule has 4 N–H and O–H groups in total. The molecule has 3 atom stereocenters. The Kier molecular flexibility index (Phi) is 5.32. The van der Waals surface area contributed by atoms with Crippen molar-refractivity contribution in [2.75, 3.05) is 19.8 Å². The van der Waals surface area contributed by atoms with Crippen molar-refractivity contribution >= 4 is 5.91 Å². The fraction of sp³-hybridized carbons (Fsp3) is 0.909. The maximum absolute atomic E-state index is 11.8. The van der Waals surface area contributed by atoms with E-state index in [1.165, 1.54) is 0 Å². The molecular formula is C11H23N3O3. The molecule has 1 saturated heterocycles. The lowest BCUT2D eigenvalue weighted by atomic mass is 9.98. The van der Waals surface area contributed by atoms with Crippen LogP contribution in [0.25, 0.3) is 0 Å². The number of carbonyl (C=O) groups is 1. The van der Waals surface area contributed by atoms with Gasteiger partial charge in [-0.2, -0.15) is 0 Å². The second kappa shape index (κ2) is 6.30. The number of nitrogens with two attached hydrogens (primary N) is 1. The van der Waals surface area contributed by atoms with Crippen molar-refractivity contribution in [1.82, 2.24) is 10.3 Å². The minimum atomic E-state index is -0.284. The third-order valence-electron chi connectivity index (χ3n) is 3.16. The quantitative estimate of drug-likeness (QED) is 0.339. The number of aliphatic hydroxyl groups excluding tert-OH is 1. The van der Waals surface area contributed by atoms with E-state index in [1.807, 2.05) is 20.8 Å². The molecule has 17 heavy (non-hydrogen) atoms. The van der Waals surface area contributed by atoms with Crippen molar-refractivity contribution in [3.8, 4) is 0 Å². The number of nitrogens with zero attached hydrogens (tertiary/aromatic N) is 1. The zero-order chi connectivity index (χ0) is 13.0. The second-order valence-corrected chi connectivity index (χ2v) is 4.88.